The van der Waals surface area contributed by atoms with Gasteiger partial charge < -0.3 is 15.2 Å². The van der Waals surface area contributed by atoms with Crippen molar-refractivity contribution in [3.8, 4) is 0 Å². The van der Waals surface area contributed by atoms with E-state index in [1.54, 1.807) is 12.1 Å². The van der Waals surface area contributed by atoms with Crippen molar-refractivity contribution in [1.29, 1.82) is 0 Å². The third-order valence-electron chi connectivity index (χ3n) is 2.43. The average Bonchev–Trinajstić information content (AvgIpc) is 2.39. The number of ether oxygens (including phenoxy) is 2. The largest absolute Gasteiger partial charge is 0.460 e. The summed E-state index contributed by atoms with van der Waals surface area (Å²) < 4.78 is 10.4. The van der Waals surface area contributed by atoms with Crippen molar-refractivity contribution < 1.29 is 14.3 Å². The van der Waals surface area contributed by atoms with Gasteiger partial charge in [0.05, 0.1) is 0 Å². The minimum absolute atomic E-state index is 0. The van der Waals surface area contributed by atoms with Crippen molar-refractivity contribution in [2.45, 2.75) is 32.4 Å². The van der Waals surface area contributed by atoms with E-state index in [4.69, 9.17) is 38.4 Å². The summed E-state index contributed by atoms with van der Waals surface area (Å²) in [5, 5.41) is 0.502. The molecule has 0 aromatic carbocycles. The molecule has 1 atom stereocenters. The minimum Gasteiger partial charge on any atom is -0.460 e. The number of esters is 1. The van der Waals surface area contributed by atoms with E-state index < -0.39 is 12.0 Å². The Morgan fingerprint density at radius 3 is 2.52 bits per heavy atom. The first-order valence-corrected chi connectivity index (χ1v) is 7.10. The average molecular weight is 358 g/mol. The van der Waals surface area contributed by atoms with Crippen molar-refractivity contribution in [1.82, 2.24) is 4.98 Å². The molecule has 1 heterocycles. The van der Waals surface area contributed by atoms with Crippen LogP contribution in [-0.2, 0) is 20.9 Å². The fourth-order valence-corrected chi connectivity index (χ4v) is 1.94. The number of aromatic nitrogens is 1. The predicted octanol–water partition coefficient (Wildman–Crippen LogP) is 3.00. The fraction of sp³-hybridized carbons (Fsp3) is 0.538. The van der Waals surface area contributed by atoms with Gasteiger partial charge in [-0.1, -0.05) is 30.1 Å². The van der Waals surface area contributed by atoms with Crippen molar-refractivity contribution >= 4 is 41.6 Å². The Morgan fingerprint density at radius 2 is 1.95 bits per heavy atom. The number of halogens is 3. The Balaban J connectivity index is 0.00000400. The van der Waals surface area contributed by atoms with E-state index in [1.807, 2.05) is 6.92 Å². The topological polar surface area (TPSA) is 74.4 Å². The number of rotatable bonds is 8. The van der Waals surface area contributed by atoms with E-state index in [2.05, 4.69) is 4.98 Å². The van der Waals surface area contributed by atoms with Gasteiger partial charge in [0.1, 0.15) is 23.0 Å². The van der Waals surface area contributed by atoms with Gasteiger partial charge in [0.15, 0.2) is 0 Å². The summed E-state index contributed by atoms with van der Waals surface area (Å²) in [6.07, 6.45) is 1.36. The fourth-order valence-electron chi connectivity index (χ4n) is 1.43. The van der Waals surface area contributed by atoms with Crippen LogP contribution in [0, 0.1) is 0 Å². The van der Waals surface area contributed by atoms with Crippen molar-refractivity contribution in [3.05, 3.63) is 28.0 Å². The normalized spacial score (nSPS) is 11.6. The molecule has 0 aliphatic carbocycles. The molecular formula is C13H19Cl3N2O3. The highest BCUT2D eigenvalue weighted by Gasteiger charge is 2.15. The molecule has 120 valence electrons. The van der Waals surface area contributed by atoms with E-state index in [-0.39, 0.29) is 29.3 Å². The molecular weight excluding hydrogens is 339 g/mol. The van der Waals surface area contributed by atoms with Crippen LogP contribution in [0.5, 0.6) is 0 Å². The van der Waals surface area contributed by atoms with Crippen LogP contribution in [0.3, 0.4) is 0 Å². The number of carbonyl (C=O) groups excluding carboxylic acids is 1. The van der Waals surface area contributed by atoms with Crippen molar-refractivity contribution in [2.24, 2.45) is 5.73 Å². The van der Waals surface area contributed by atoms with Gasteiger partial charge in [-0.15, -0.1) is 12.4 Å². The Hall–Kier alpha value is -0.590. The summed E-state index contributed by atoms with van der Waals surface area (Å²) in [5.41, 5.74) is 6.37. The summed E-state index contributed by atoms with van der Waals surface area (Å²) in [5.74, 6) is -0.478. The molecule has 1 rings (SSSR count). The lowest BCUT2D eigenvalue weighted by Crippen LogP contribution is -2.33. The molecule has 0 amide bonds. The maximum atomic E-state index is 11.7. The second-order valence-corrected chi connectivity index (χ2v) is 5.01. The standard InChI is InChI=1S/C13H18Cl2N2O3.ClH/c1-2-4-19-5-3-10(16)13(18)20-8-9-6-11(14)17-12(15)7-9;/h6-7,10H,2-5,8,16H2,1H3;1H/t10-;/m0./s1. The summed E-state index contributed by atoms with van der Waals surface area (Å²) in [6.45, 7) is 3.18. The number of pyridine rings is 1. The molecule has 0 bridgehead atoms. The Labute approximate surface area is 140 Å². The van der Waals surface area contributed by atoms with Crippen LogP contribution in [0.1, 0.15) is 25.3 Å². The highest BCUT2D eigenvalue weighted by molar-refractivity contribution is 6.32. The van der Waals surface area contributed by atoms with Gasteiger partial charge in [0, 0.05) is 13.2 Å². The molecule has 1 aromatic rings. The highest BCUT2D eigenvalue weighted by Crippen LogP contribution is 2.15. The molecule has 21 heavy (non-hydrogen) atoms. The Kier molecular flexibility index (Phi) is 10.7. The van der Waals surface area contributed by atoms with Crippen molar-refractivity contribution in [2.75, 3.05) is 13.2 Å². The molecule has 5 nitrogen and oxygen atoms in total. The van der Waals surface area contributed by atoms with Crippen LogP contribution in [0.4, 0.5) is 0 Å². The minimum atomic E-state index is -0.695. The summed E-state index contributed by atoms with van der Waals surface area (Å²) in [6, 6.07) is 2.47. The maximum absolute atomic E-state index is 11.7. The van der Waals surface area contributed by atoms with Gasteiger partial charge in [0.25, 0.3) is 0 Å². The van der Waals surface area contributed by atoms with Crippen LogP contribution in [0.15, 0.2) is 12.1 Å². The zero-order valence-corrected chi connectivity index (χ0v) is 14.0. The van der Waals surface area contributed by atoms with Crippen LogP contribution in [0.25, 0.3) is 0 Å². The van der Waals surface area contributed by atoms with Crippen LogP contribution < -0.4 is 5.73 Å². The number of hydrogen-bond acceptors (Lipinski definition) is 5. The molecule has 1 aromatic heterocycles. The molecule has 2 N–H and O–H groups in total. The zero-order valence-electron chi connectivity index (χ0n) is 11.7. The number of carbonyl (C=O) groups is 1. The first-order chi connectivity index (χ1) is 9.52. The first kappa shape index (κ1) is 20.4. The van der Waals surface area contributed by atoms with Crippen LogP contribution in [-0.4, -0.2) is 30.2 Å². The molecule has 0 radical (unpaired) electrons. The van der Waals surface area contributed by atoms with E-state index >= 15 is 0 Å². The molecule has 0 saturated heterocycles. The SMILES string of the molecule is CCCOCC[C@H](N)C(=O)OCc1cc(Cl)nc(Cl)c1.Cl. The first-order valence-electron chi connectivity index (χ1n) is 6.35. The van der Waals surface area contributed by atoms with Gasteiger partial charge >= 0.3 is 5.97 Å². The Morgan fingerprint density at radius 1 is 1.33 bits per heavy atom. The lowest BCUT2D eigenvalue weighted by Gasteiger charge is -2.11. The van der Waals surface area contributed by atoms with Crippen LogP contribution >= 0.6 is 35.6 Å². The lowest BCUT2D eigenvalue weighted by atomic mass is 10.2. The molecule has 0 fully saturated rings. The van der Waals surface area contributed by atoms with E-state index in [1.165, 1.54) is 0 Å². The van der Waals surface area contributed by atoms with Crippen molar-refractivity contribution in [3.63, 3.8) is 0 Å². The molecule has 0 aliphatic rings. The third-order valence-corrected chi connectivity index (χ3v) is 2.82. The second kappa shape index (κ2) is 11.0. The highest BCUT2D eigenvalue weighted by atomic mass is 35.5. The maximum Gasteiger partial charge on any atom is 0.323 e. The smallest absolute Gasteiger partial charge is 0.323 e. The summed E-state index contributed by atoms with van der Waals surface area (Å²) in [7, 11) is 0. The predicted molar refractivity (Wildman–Crippen MR) is 85.0 cm³/mol. The monoisotopic (exact) mass is 356 g/mol. The van der Waals surface area contributed by atoms with E-state index in [0.29, 0.717) is 25.2 Å². The molecule has 0 spiro atoms. The van der Waals surface area contributed by atoms with Gasteiger partial charge in [-0.05, 0) is 30.5 Å². The molecule has 0 saturated carbocycles. The summed E-state index contributed by atoms with van der Waals surface area (Å²) in [4.78, 5) is 15.5. The molecule has 0 aliphatic heterocycles. The van der Waals surface area contributed by atoms with Gasteiger partial charge in [-0.25, -0.2) is 4.98 Å². The zero-order chi connectivity index (χ0) is 15.0. The summed E-state index contributed by atoms with van der Waals surface area (Å²) >= 11 is 11.5. The Bertz CT molecular complexity index is 426. The van der Waals surface area contributed by atoms with Gasteiger partial charge in [0.2, 0.25) is 0 Å². The van der Waals surface area contributed by atoms with Gasteiger partial charge in [-0.2, -0.15) is 0 Å². The molecule has 8 heteroatoms. The van der Waals surface area contributed by atoms with E-state index in [0.717, 1.165) is 6.42 Å². The third kappa shape index (κ3) is 8.44. The quantitative estimate of drug-likeness (QED) is 0.440. The lowest BCUT2D eigenvalue weighted by molar-refractivity contribution is -0.147. The van der Waals surface area contributed by atoms with Crippen LogP contribution in [0.2, 0.25) is 10.3 Å². The van der Waals surface area contributed by atoms with E-state index in [9.17, 15) is 4.79 Å². The molecule has 0 unspecified atom stereocenters. The number of nitrogens with two attached hydrogens (primary N) is 1. The second-order valence-electron chi connectivity index (χ2n) is 4.24. The van der Waals surface area contributed by atoms with Gasteiger partial charge in [-0.3, -0.25) is 4.79 Å². The number of hydrogen-bond donors (Lipinski definition) is 1. The number of nitrogens with zero attached hydrogens (tertiary/aromatic N) is 1.